The Morgan fingerprint density at radius 3 is 2.26 bits per heavy atom. The number of para-hydroxylation sites is 1. The van der Waals surface area contributed by atoms with E-state index in [1.54, 1.807) is 49.2 Å². The average molecular weight is 1230 g/mol. The lowest BCUT2D eigenvalue weighted by atomic mass is 9.83. The van der Waals surface area contributed by atoms with E-state index < -0.39 is 64.5 Å². The van der Waals surface area contributed by atoms with Crippen molar-refractivity contribution in [1.29, 1.82) is 0 Å². The summed E-state index contributed by atoms with van der Waals surface area (Å²) in [6.45, 7) is 13.1. The van der Waals surface area contributed by atoms with Crippen molar-refractivity contribution in [3.63, 3.8) is 0 Å². The number of nitrogens with one attached hydrogen (secondary N) is 6. The highest BCUT2D eigenvalue weighted by atomic mass is 35.5. The van der Waals surface area contributed by atoms with Crippen molar-refractivity contribution in [2.24, 2.45) is 5.92 Å². The number of carbonyl (C=O) groups is 6. The molecule has 9 rings (SSSR count). The third-order valence-electron chi connectivity index (χ3n) is 16.7. The zero-order valence-electron chi connectivity index (χ0n) is 48.0. The molecule has 0 bridgehead atoms. The van der Waals surface area contributed by atoms with E-state index in [9.17, 15) is 41.9 Å². The van der Waals surface area contributed by atoms with Crippen molar-refractivity contribution in [2.75, 3.05) is 94.8 Å². The first-order valence-electron chi connectivity index (χ1n) is 28.2. The summed E-state index contributed by atoms with van der Waals surface area (Å²) < 4.78 is 55.1. The molecular weight excluding hydrogens is 1150 g/mol. The Morgan fingerprint density at radius 1 is 0.845 bits per heavy atom. The minimum absolute atomic E-state index is 0. The number of ether oxygens (including phenoxy) is 2. The van der Waals surface area contributed by atoms with E-state index in [2.05, 4.69) is 55.5 Å². The van der Waals surface area contributed by atoms with Gasteiger partial charge in [0, 0.05) is 94.9 Å². The van der Waals surface area contributed by atoms with Gasteiger partial charge in [0.2, 0.25) is 29.5 Å². The van der Waals surface area contributed by atoms with E-state index in [0.717, 1.165) is 49.0 Å². The molecule has 6 N–H and O–H groups in total. The number of anilines is 3. The van der Waals surface area contributed by atoms with Gasteiger partial charge in [-0.15, -0.1) is 37.2 Å². The first kappa shape index (κ1) is 67.2. The maximum atomic E-state index is 15.0. The molecule has 0 saturated carbocycles. The van der Waals surface area contributed by atoms with E-state index in [1.807, 2.05) is 25.1 Å². The van der Waals surface area contributed by atoms with Crippen molar-refractivity contribution < 1.29 is 51.4 Å². The number of amides is 6. The van der Waals surface area contributed by atoms with Gasteiger partial charge in [-0.1, -0.05) is 36.4 Å². The maximum absolute atomic E-state index is 15.0. The molecular formula is C60H78Cl3F3N10O8. The highest BCUT2D eigenvalue weighted by molar-refractivity contribution is 6.03. The van der Waals surface area contributed by atoms with Crippen molar-refractivity contribution in [1.82, 2.24) is 36.0 Å². The molecule has 5 aliphatic heterocycles. The number of carbonyl (C=O) groups excluding carboxylic acids is 6. The topological polar surface area (TPSA) is 206 Å². The number of morpholine rings is 1. The van der Waals surface area contributed by atoms with Crippen LogP contribution < -0.4 is 36.8 Å². The number of likely N-dealkylation sites (N-methyl/N-ethyl adjacent to an activating group) is 1. The van der Waals surface area contributed by atoms with Gasteiger partial charge in [-0.3, -0.25) is 38.6 Å². The lowest BCUT2D eigenvalue weighted by Crippen LogP contribution is -2.62. The number of fused-ring (bicyclic) bond motifs is 2. The van der Waals surface area contributed by atoms with Crippen LogP contribution in [-0.4, -0.2) is 160 Å². The summed E-state index contributed by atoms with van der Waals surface area (Å²) >= 11 is 0. The molecule has 4 aromatic rings. The minimum Gasteiger partial charge on any atom is -0.381 e. The quantitative estimate of drug-likeness (QED) is 0.0597. The first-order valence-corrected chi connectivity index (χ1v) is 28.2. The number of hydrogen-bond donors (Lipinski definition) is 6. The highest BCUT2D eigenvalue weighted by Crippen LogP contribution is 2.43. The van der Waals surface area contributed by atoms with Gasteiger partial charge in [-0.2, -0.15) is 0 Å². The fraction of sp³-hybridized carbons (Fsp3) is 0.500. The van der Waals surface area contributed by atoms with Crippen LogP contribution in [-0.2, 0) is 56.6 Å². The second kappa shape index (κ2) is 30.0. The molecule has 18 nitrogen and oxygen atoms in total. The predicted molar refractivity (Wildman–Crippen MR) is 321 cm³/mol. The van der Waals surface area contributed by atoms with E-state index in [-0.39, 0.29) is 118 Å². The number of hydrogen-bond acceptors (Lipinski definition) is 12. The van der Waals surface area contributed by atoms with Crippen LogP contribution in [0.3, 0.4) is 0 Å². The van der Waals surface area contributed by atoms with Gasteiger partial charge < -0.3 is 51.2 Å². The van der Waals surface area contributed by atoms with Gasteiger partial charge in [0.25, 0.3) is 5.91 Å². The molecule has 0 aromatic heterocycles. The molecule has 6 amide bonds. The van der Waals surface area contributed by atoms with Crippen LogP contribution in [0.5, 0.6) is 0 Å². The Hall–Kier alpha value is -5.88. The lowest BCUT2D eigenvalue weighted by Gasteiger charge is -2.43. The summed E-state index contributed by atoms with van der Waals surface area (Å²) in [5, 5.41) is 17.6. The summed E-state index contributed by atoms with van der Waals surface area (Å²) in [5.41, 5.74) is 2.44. The lowest BCUT2D eigenvalue weighted by molar-refractivity contribution is -0.144. The number of piperazine rings is 1. The Kier molecular flexibility index (Phi) is 24.0. The minimum atomic E-state index is -1.42. The SMILES string of the molecule is CN[C@@H](C)C(=O)N[C@H](C(=O)N1Cc2ccc(NC(=O)CCCNC(=O)C3(C)CN(C(=O)CN4C[C@@H](C)NC[C@@H]4CN4CCOC[C@H]4C)c4cc(Cc5ccc(F)cc5)ccc43)cc2[C@H]1C(=O)Nc1c(F)cccc1F)C1CCOCC1.Cl.Cl.Cl. The Labute approximate surface area is 507 Å². The van der Waals surface area contributed by atoms with E-state index in [4.69, 9.17) is 9.47 Å². The molecule has 1 unspecified atom stereocenters. The van der Waals surface area contributed by atoms with Crippen molar-refractivity contribution in [2.45, 2.75) is 108 Å². The van der Waals surface area contributed by atoms with E-state index in [1.165, 1.54) is 17.0 Å². The standard InChI is InChI=1S/C60H75F3N10O8.3ClH/c1-36-30-71(45(29-66-36)32-70-22-25-81-34-37(70)2)33-52(75)73-35-60(4,47-18-13-40(27-50(47)73)26-39-11-15-43(61)16-12-39)59(79)65-21-7-10-51(74)67-44-17-14-42-31-72(55(46(42)28-44)57(77)69-54-48(62)8-6-9-49(54)63)58(78)53(41-19-23-80-24-20-41)68-56(76)38(3)64-5;;;/h6,8-9,11-18,27-28,36-38,41,45,53,55,64,66H,7,10,19-26,29-35H2,1-5H3,(H,65,79)(H,67,74)(H,68,76)(H,69,77);3*1H/t36-,37-,38+,45-,53+,55+,60?;;;/m1.../s1. The van der Waals surface area contributed by atoms with Gasteiger partial charge >= 0.3 is 0 Å². The molecule has 7 atom stereocenters. The monoisotopic (exact) mass is 1230 g/mol. The first-order chi connectivity index (χ1) is 38.9. The zero-order chi connectivity index (χ0) is 57.5. The predicted octanol–water partition coefficient (Wildman–Crippen LogP) is 6.02. The highest BCUT2D eigenvalue weighted by Gasteiger charge is 2.48. The van der Waals surface area contributed by atoms with Gasteiger partial charge in [0.15, 0.2) is 0 Å². The van der Waals surface area contributed by atoms with E-state index in [0.29, 0.717) is 80.3 Å². The van der Waals surface area contributed by atoms with Gasteiger partial charge in [0.05, 0.1) is 31.2 Å². The molecule has 0 aliphatic carbocycles. The van der Waals surface area contributed by atoms with E-state index >= 15 is 0 Å². The van der Waals surface area contributed by atoms with Crippen LogP contribution in [0.25, 0.3) is 0 Å². The van der Waals surface area contributed by atoms with Crippen LogP contribution in [0.1, 0.15) is 87.2 Å². The zero-order valence-corrected chi connectivity index (χ0v) is 50.4. The summed E-state index contributed by atoms with van der Waals surface area (Å²) in [6, 6.07) is 17.5. The van der Waals surface area contributed by atoms with Crippen LogP contribution in [0.15, 0.2) is 78.9 Å². The van der Waals surface area contributed by atoms with Crippen LogP contribution >= 0.6 is 37.2 Å². The Bertz CT molecular complexity index is 2960. The molecule has 5 heterocycles. The second-order valence-electron chi connectivity index (χ2n) is 22.5. The van der Waals surface area contributed by atoms with Gasteiger partial charge in [-0.05, 0) is 137 Å². The average Bonchev–Trinajstić information content (AvgIpc) is 2.57. The van der Waals surface area contributed by atoms with Crippen LogP contribution in [0, 0.1) is 23.4 Å². The number of halogens is 6. The maximum Gasteiger partial charge on any atom is 0.252 e. The molecule has 0 radical (unpaired) electrons. The summed E-state index contributed by atoms with van der Waals surface area (Å²) in [4.78, 5) is 92.9. The molecule has 458 valence electrons. The molecule has 4 aromatic carbocycles. The normalized spacial score (nSPS) is 22.2. The van der Waals surface area contributed by atoms with Crippen molar-refractivity contribution in [3.8, 4) is 0 Å². The summed E-state index contributed by atoms with van der Waals surface area (Å²) in [7, 11) is 1.62. The largest absolute Gasteiger partial charge is 0.381 e. The summed E-state index contributed by atoms with van der Waals surface area (Å²) in [6.07, 6.45) is 1.63. The molecule has 5 aliphatic rings. The fourth-order valence-electron chi connectivity index (χ4n) is 11.8. The van der Waals surface area contributed by atoms with Gasteiger partial charge in [0.1, 0.15) is 35.2 Å². The number of benzene rings is 4. The van der Waals surface area contributed by atoms with Crippen LogP contribution in [0.4, 0.5) is 30.2 Å². The molecule has 3 saturated heterocycles. The molecule has 0 spiro atoms. The second-order valence-corrected chi connectivity index (χ2v) is 22.5. The fourth-order valence-corrected chi connectivity index (χ4v) is 11.8. The third-order valence-corrected chi connectivity index (χ3v) is 16.7. The Morgan fingerprint density at radius 2 is 1.56 bits per heavy atom. The number of nitrogens with zero attached hydrogens (tertiary/aromatic N) is 4. The Balaban J connectivity index is 0.00000377. The van der Waals surface area contributed by atoms with Crippen molar-refractivity contribution in [3.05, 3.63) is 124 Å². The molecule has 24 heteroatoms. The molecule has 84 heavy (non-hydrogen) atoms. The van der Waals surface area contributed by atoms with Crippen LogP contribution in [0.2, 0.25) is 0 Å². The molecule has 3 fully saturated rings. The van der Waals surface area contributed by atoms with Crippen molar-refractivity contribution >= 4 is 89.7 Å². The third kappa shape index (κ3) is 15.6. The number of rotatable bonds is 19. The van der Waals surface area contributed by atoms with Gasteiger partial charge in [-0.25, -0.2) is 13.2 Å². The summed E-state index contributed by atoms with van der Waals surface area (Å²) in [5.74, 6) is -5.44. The smallest absolute Gasteiger partial charge is 0.252 e.